The fourth-order valence-electron chi connectivity index (χ4n) is 3.98. The number of carbonyl (C=O) groups is 1. The van der Waals surface area contributed by atoms with E-state index >= 15 is 0 Å². The Kier molecular flexibility index (Phi) is 8.91. The van der Waals surface area contributed by atoms with E-state index in [4.69, 9.17) is 4.74 Å². The highest BCUT2D eigenvalue weighted by molar-refractivity contribution is 5.75. The van der Waals surface area contributed by atoms with Gasteiger partial charge in [-0.3, -0.25) is 4.79 Å². The summed E-state index contributed by atoms with van der Waals surface area (Å²) in [5, 5.41) is 12.8. The lowest BCUT2D eigenvalue weighted by Gasteiger charge is -2.19. The number of anilines is 1. The molecule has 9 heteroatoms. The summed E-state index contributed by atoms with van der Waals surface area (Å²) in [4.78, 5) is 24.2. The highest BCUT2D eigenvalue weighted by atomic mass is 19.3. The van der Waals surface area contributed by atoms with Crippen LogP contribution in [0.2, 0.25) is 0 Å². The quantitative estimate of drug-likeness (QED) is 0.428. The van der Waals surface area contributed by atoms with Crippen LogP contribution in [0, 0.1) is 0 Å². The Morgan fingerprint density at radius 1 is 1.21 bits per heavy atom. The molecule has 2 aromatic heterocycles. The molecule has 2 aromatic rings. The van der Waals surface area contributed by atoms with Gasteiger partial charge in [0.1, 0.15) is 5.82 Å². The third kappa shape index (κ3) is 7.61. The van der Waals surface area contributed by atoms with Crippen molar-refractivity contribution in [2.45, 2.75) is 76.6 Å². The van der Waals surface area contributed by atoms with Gasteiger partial charge in [0.05, 0.1) is 12.5 Å². The maximum absolute atomic E-state index is 14.5. The average Bonchev–Trinajstić information content (AvgIpc) is 3.03. The van der Waals surface area contributed by atoms with Crippen molar-refractivity contribution in [2.24, 2.45) is 0 Å². The Hall–Kier alpha value is -2.84. The minimum Gasteiger partial charge on any atom is -0.481 e. The summed E-state index contributed by atoms with van der Waals surface area (Å²) in [7, 11) is 0. The molecule has 3 heterocycles. The van der Waals surface area contributed by atoms with Gasteiger partial charge in [-0.05, 0) is 63.5 Å². The number of unbranched alkanes of at least 4 members (excludes halogenated alkanes) is 1. The van der Waals surface area contributed by atoms with E-state index in [-0.39, 0.29) is 18.9 Å². The third-order valence-electron chi connectivity index (χ3n) is 5.85. The Bertz CT molecular complexity index is 909. The van der Waals surface area contributed by atoms with Crippen LogP contribution in [-0.4, -0.2) is 45.1 Å². The SMILES string of the molecule is CCOc1ncc([C@@H](CCC(F)(F)CCCCc2ccc3c(n2)NCCCC3)C(=O)O)cn1. The maximum Gasteiger partial charge on any atom is 0.316 e. The Morgan fingerprint density at radius 3 is 2.73 bits per heavy atom. The summed E-state index contributed by atoms with van der Waals surface area (Å²) in [6.45, 7) is 3.07. The van der Waals surface area contributed by atoms with Gasteiger partial charge in [-0.25, -0.2) is 23.7 Å². The van der Waals surface area contributed by atoms with E-state index in [1.54, 1.807) is 6.92 Å². The van der Waals surface area contributed by atoms with E-state index in [0.717, 1.165) is 37.3 Å². The van der Waals surface area contributed by atoms with E-state index in [1.807, 2.05) is 6.07 Å². The van der Waals surface area contributed by atoms with Crippen LogP contribution in [-0.2, 0) is 17.6 Å². The molecule has 0 radical (unpaired) electrons. The molecule has 3 rings (SSSR count). The number of carboxylic acid groups (broad SMARTS) is 1. The van der Waals surface area contributed by atoms with Crippen molar-refractivity contribution >= 4 is 11.8 Å². The minimum atomic E-state index is -2.93. The summed E-state index contributed by atoms with van der Waals surface area (Å²) in [5.41, 5.74) is 2.42. The van der Waals surface area contributed by atoms with Crippen LogP contribution in [0.15, 0.2) is 24.5 Å². The molecule has 0 saturated heterocycles. The Morgan fingerprint density at radius 2 is 2.00 bits per heavy atom. The number of aromatic nitrogens is 3. The van der Waals surface area contributed by atoms with Crippen LogP contribution in [0.25, 0.3) is 0 Å². The van der Waals surface area contributed by atoms with Gasteiger partial charge < -0.3 is 15.2 Å². The second-order valence-corrected chi connectivity index (χ2v) is 8.42. The van der Waals surface area contributed by atoms with E-state index < -0.39 is 24.2 Å². The Balaban J connectivity index is 1.46. The van der Waals surface area contributed by atoms with Gasteiger partial charge in [-0.15, -0.1) is 0 Å². The highest BCUT2D eigenvalue weighted by Gasteiger charge is 2.32. The van der Waals surface area contributed by atoms with Gasteiger partial charge in [0.15, 0.2) is 0 Å². The predicted molar refractivity (Wildman–Crippen MR) is 121 cm³/mol. The number of hydrogen-bond acceptors (Lipinski definition) is 6. The molecule has 0 saturated carbocycles. The summed E-state index contributed by atoms with van der Waals surface area (Å²) in [6, 6.07) is 4.21. The first-order valence-electron chi connectivity index (χ1n) is 11.7. The monoisotopic (exact) mass is 462 g/mol. The smallest absolute Gasteiger partial charge is 0.316 e. The summed E-state index contributed by atoms with van der Waals surface area (Å²) >= 11 is 0. The van der Waals surface area contributed by atoms with Gasteiger partial charge in [0, 0.05) is 43.0 Å². The number of nitrogens with one attached hydrogen (secondary N) is 1. The third-order valence-corrected chi connectivity index (χ3v) is 5.85. The summed E-state index contributed by atoms with van der Waals surface area (Å²) < 4.78 is 34.0. The van der Waals surface area contributed by atoms with Gasteiger partial charge in [0.25, 0.3) is 0 Å². The fraction of sp³-hybridized carbons (Fsp3) is 0.583. The van der Waals surface area contributed by atoms with Crippen LogP contribution < -0.4 is 10.1 Å². The molecule has 0 bridgehead atoms. The molecule has 1 aliphatic rings. The van der Waals surface area contributed by atoms with Gasteiger partial charge in [0.2, 0.25) is 5.92 Å². The largest absolute Gasteiger partial charge is 0.481 e. The predicted octanol–water partition coefficient (Wildman–Crippen LogP) is 5.02. The average molecular weight is 463 g/mol. The zero-order valence-corrected chi connectivity index (χ0v) is 19.0. The van der Waals surface area contributed by atoms with Crippen molar-refractivity contribution in [3.8, 4) is 6.01 Å². The number of ether oxygens (including phenoxy) is 1. The topological polar surface area (TPSA) is 97.2 Å². The number of hydrogen-bond donors (Lipinski definition) is 2. The fourth-order valence-corrected chi connectivity index (χ4v) is 3.98. The highest BCUT2D eigenvalue weighted by Crippen LogP contribution is 2.32. The van der Waals surface area contributed by atoms with Crippen LogP contribution in [0.3, 0.4) is 0 Å². The van der Waals surface area contributed by atoms with Crippen molar-refractivity contribution in [1.82, 2.24) is 15.0 Å². The number of aryl methyl sites for hydroxylation is 2. The molecule has 7 nitrogen and oxygen atoms in total. The van der Waals surface area contributed by atoms with Crippen LogP contribution in [0.5, 0.6) is 6.01 Å². The molecule has 0 spiro atoms. The zero-order valence-electron chi connectivity index (χ0n) is 19.0. The standard InChI is InChI=1S/C24H32F2N4O3/c1-2-33-23-28-15-18(16-29-23)20(22(31)32)11-13-24(25,26)12-5-3-8-19-10-9-17-7-4-6-14-27-21(17)30-19/h9-10,15-16,20H,2-8,11-14H2,1H3,(H,27,30)(H,31,32)/t20-/m1/s1. The minimum absolute atomic E-state index is 0.135. The molecular formula is C24H32F2N4O3. The van der Waals surface area contributed by atoms with E-state index in [1.165, 1.54) is 18.0 Å². The number of nitrogens with zero attached hydrogens (tertiary/aromatic N) is 3. The number of alkyl halides is 2. The maximum atomic E-state index is 14.5. The second kappa shape index (κ2) is 11.9. The Labute approximate surface area is 193 Å². The normalized spacial score (nSPS) is 14.6. The molecule has 1 aliphatic heterocycles. The van der Waals surface area contributed by atoms with Crippen molar-refractivity contribution in [2.75, 3.05) is 18.5 Å². The molecule has 33 heavy (non-hydrogen) atoms. The van der Waals surface area contributed by atoms with Gasteiger partial charge in [-0.1, -0.05) is 6.07 Å². The van der Waals surface area contributed by atoms with Gasteiger partial charge >= 0.3 is 12.0 Å². The van der Waals surface area contributed by atoms with Crippen LogP contribution >= 0.6 is 0 Å². The van der Waals surface area contributed by atoms with Crippen LogP contribution in [0.1, 0.15) is 74.6 Å². The number of fused-ring (bicyclic) bond motifs is 1. The van der Waals surface area contributed by atoms with Crippen molar-refractivity contribution < 1.29 is 23.4 Å². The lowest BCUT2D eigenvalue weighted by molar-refractivity contribution is -0.139. The summed E-state index contributed by atoms with van der Waals surface area (Å²) in [5.74, 6) is -4.25. The molecule has 0 unspecified atom stereocenters. The number of rotatable bonds is 12. The molecular weight excluding hydrogens is 430 g/mol. The lowest BCUT2D eigenvalue weighted by Crippen LogP contribution is -2.20. The van der Waals surface area contributed by atoms with Crippen molar-refractivity contribution in [1.29, 1.82) is 0 Å². The molecule has 180 valence electrons. The molecule has 0 amide bonds. The second-order valence-electron chi connectivity index (χ2n) is 8.42. The van der Waals surface area contributed by atoms with Crippen molar-refractivity contribution in [3.05, 3.63) is 41.3 Å². The molecule has 1 atom stereocenters. The van der Waals surface area contributed by atoms with Crippen LogP contribution in [0.4, 0.5) is 14.6 Å². The first-order chi connectivity index (χ1) is 15.9. The number of pyridine rings is 1. The summed E-state index contributed by atoms with van der Waals surface area (Å²) in [6.07, 6.45) is 6.58. The first kappa shape index (κ1) is 24.8. The molecule has 0 aromatic carbocycles. The number of carboxylic acids is 1. The number of halogens is 2. The van der Waals surface area contributed by atoms with E-state index in [9.17, 15) is 18.7 Å². The molecule has 0 fully saturated rings. The van der Waals surface area contributed by atoms with Crippen molar-refractivity contribution in [3.63, 3.8) is 0 Å². The molecule has 2 N–H and O–H groups in total. The molecule has 0 aliphatic carbocycles. The lowest BCUT2D eigenvalue weighted by atomic mass is 9.93. The van der Waals surface area contributed by atoms with Gasteiger partial charge in [-0.2, -0.15) is 0 Å². The zero-order chi connectivity index (χ0) is 23.7. The first-order valence-corrected chi connectivity index (χ1v) is 11.7. The van der Waals surface area contributed by atoms with E-state index in [2.05, 4.69) is 26.3 Å². The van der Waals surface area contributed by atoms with E-state index in [0.29, 0.717) is 31.4 Å². The number of aliphatic carboxylic acids is 1.